The van der Waals surface area contributed by atoms with Crippen LogP contribution in [0.1, 0.15) is 5.76 Å². The first-order valence-electron chi connectivity index (χ1n) is 7.49. The molecule has 1 aromatic heterocycles. The lowest BCUT2D eigenvalue weighted by molar-refractivity contribution is -0.121. The Kier molecular flexibility index (Phi) is 6.58. The first-order valence-corrected chi connectivity index (χ1v) is 9.34. The Bertz CT molecular complexity index is 582. The highest BCUT2D eigenvalue weighted by Crippen LogP contribution is 2.08. The molecule has 0 unspecified atom stereocenters. The van der Waals surface area contributed by atoms with Gasteiger partial charge in [0.25, 0.3) is 0 Å². The van der Waals surface area contributed by atoms with Gasteiger partial charge in [-0.2, -0.15) is 4.31 Å². The summed E-state index contributed by atoms with van der Waals surface area (Å²) in [7, 11) is -3.50. The molecule has 1 aliphatic heterocycles. The van der Waals surface area contributed by atoms with Gasteiger partial charge in [0.2, 0.25) is 15.9 Å². The molecule has 1 saturated heterocycles. The topological polar surface area (TPSA) is 92.1 Å². The molecule has 1 N–H and O–H groups in total. The highest BCUT2D eigenvalue weighted by atomic mass is 32.2. The predicted molar refractivity (Wildman–Crippen MR) is 84.2 cm³/mol. The predicted octanol–water partition coefficient (Wildman–Crippen LogP) is -0.510. The quantitative estimate of drug-likeness (QED) is 0.682. The van der Waals surface area contributed by atoms with E-state index in [1.165, 1.54) is 6.26 Å². The normalized spacial score (nSPS) is 16.6. The fourth-order valence-electron chi connectivity index (χ4n) is 2.26. The molecule has 1 amide bonds. The maximum atomic E-state index is 12.0. The number of furan rings is 1. The second-order valence-corrected chi connectivity index (χ2v) is 7.40. The van der Waals surface area contributed by atoms with Gasteiger partial charge in [-0.3, -0.25) is 9.69 Å². The molecule has 0 radical (unpaired) electrons. The largest absolute Gasteiger partial charge is 0.468 e. The van der Waals surface area contributed by atoms with Crippen molar-refractivity contribution in [3.8, 4) is 0 Å². The summed E-state index contributed by atoms with van der Waals surface area (Å²) in [5, 5.41) is 2.75. The van der Waals surface area contributed by atoms with Crippen molar-refractivity contribution in [3.05, 3.63) is 24.2 Å². The summed E-state index contributed by atoms with van der Waals surface area (Å²) in [6.07, 6.45) is 2.55. The van der Waals surface area contributed by atoms with Gasteiger partial charge in [-0.05, 0) is 12.1 Å². The SMILES string of the molecule is CS(=O)(=O)N(CC(=O)NCCN1CCOCC1)Cc1ccco1. The standard InChI is InChI=1S/C14H23N3O5S/c1-23(19,20)17(11-13-3-2-8-22-13)12-14(18)15-4-5-16-6-9-21-10-7-16/h2-3,8H,4-7,9-12H2,1H3,(H,15,18). The average Bonchev–Trinajstić information content (AvgIpc) is 3.00. The van der Waals surface area contributed by atoms with E-state index in [2.05, 4.69) is 10.2 Å². The maximum absolute atomic E-state index is 12.0. The molecule has 0 aromatic carbocycles. The number of ether oxygens (including phenoxy) is 1. The first kappa shape index (κ1) is 17.9. The lowest BCUT2D eigenvalue weighted by Crippen LogP contribution is -2.44. The molecule has 2 heterocycles. The molecule has 0 bridgehead atoms. The van der Waals surface area contributed by atoms with Crippen molar-refractivity contribution in [3.63, 3.8) is 0 Å². The van der Waals surface area contributed by atoms with Crippen LogP contribution in [0.5, 0.6) is 0 Å². The van der Waals surface area contributed by atoms with Crippen LogP contribution in [0.15, 0.2) is 22.8 Å². The Balaban J connectivity index is 1.78. The number of sulfonamides is 1. The highest BCUT2D eigenvalue weighted by Gasteiger charge is 2.21. The molecule has 9 heteroatoms. The fraction of sp³-hybridized carbons (Fsp3) is 0.643. The van der Waals surface area contributed by atoms with Crippen LogP contribution < -0.4 is 5.32 Å². The van der Waals surface area contributed by atoms with Crippen molar-refractivity contribution in [2.75, 3.05) is 52.2 Å². The number of rotatable bonds is 8. The van der Waals surface area contributed by atoms with E-state index in [9.17, 15) is 13.2 Å². The number of hydrogen-bond donors (Lipinski definition) is 1. The Labute approximate surface area is 136 Å². The van der Waals surface area contributed by atoms with Crippen molar-refractivity contribution >= 4 is 15.9 Å². The van der Waals surface area contributed by atoms with Crippen LogP contribution in [0.25, 0.3) is 0 Å². The molecule has 1 aromatic rings. The zero-order valence-corrected chi connectivity index (χ0v) is 14.0. The van der Waals surface area contributed by atoms with E-state index in [1.54, 1.807) is 12.1 Å². The summed E-state index contributed by atoms with van der Waals surface area (Å²) < 4.78 is 35.1. The van der Waals surface area contributed by atoms with Gasteiger partial charge in [0, 0.05) is 26.2 Å². The fourth-order valence-corrected chi connectivity index (χ4v) is 2.97. The number of hydrogen-bond acceptors (Lipinski definition) is 6. The third-order valence-corrected chi connectivity index (χ3v) is 4.75. The number of morpholine rings is 1. The van der Waals surface area contributed by atoms with Gasteiger partial charge in [-0.25, -0.2) is 8.42 Å². The van der Waals surface area contributed by atoms with Gasteiger partial charge in [0.05, 0.1) is 38.8 Å². The van der Waals surface area contributed by atoms with Gasteiger partial charge in [0.15, 0.2) is 0 Å². The summed E-state index contributed by atoms with van der Waals surface area (Å²) in [6.45, 7) is 4.15. The van der Waals surface area contributed by atoms with Crippen molar-refractivity contribution in [2.45, 2.75) is 6.54 Å². The number of nitrogens with one attached hydrogen (secondary N) is 1. The first-order chi connectivity index (χ1) is 10.9. The van der Waals surface area contributed by atoms with E-state index in [-0.39, 0.29) is 19.0 Å². The third kappa shape index (κ3) is 6.30. The molecule has 0 saturated carbocycles. The third-order valence-electron chi connectivity index (χ3n) is 3.56. The highest BCUT2D eigenvalue weighted by molar-refractivity contribution is 7.88. The molecule has 1 fully saturated rings. The van der Waals surface area contributed by atoms with E-state index in [4.69, 9.17) is 9.15 Å². The average molecular weight is 345 g/mol. The summed E-state index contributed by atoms with van der Waals surface area (Å²) in [4.78, 5) is 14.2. The molecule has 0 aliphatic carbocycles. The van der Waals surface area contributed by atoms with Gasteiger partial charge in [-0.15, -0.1) is 0 Å². The van der Waals surface area contributed by atoms with Gasteiger partial charge >= 0.3 is 0 Å². The minimum absolute atomic E-state index is 0.0444. The van der Waals surface area contributed by atoms with Gasteiger partial charge in [0.1, 0.15) is 5.76 Å². The maximum Gasteiger partial charge on any atom is 0.235 e. The molecule has 0 spiro atoms. The lowest BCUT2D eigenvalue weighted by atomic mass is 10.4. The number of carbonyl (C=O) groups excluding carboxylic acids is 1. The second-order valence-electron chi connectivity index (χ2n) is 5.41. The Morgan fingerprint density at radius 2 is 2.13 bits per heavy atom. The zero-order chi connectivity index (χ0) is 16.7. The molecular formula is C14H23N3O5S. The Morgan fingerprint density at radius 1 is 1.39 bits per heavy atom. The van der Waals surface area contributed by atoms with Gasteiger partial charge in [-0.1, -0.05) is 0 Å². The molecule has 23 heavy (non-hydrogen) atoms. The summed E-state index contributed by atoms with van der Waals surface area (Å²) in [5.74, 6) is 0.173. The summed E-state index contributed by atoms with van der Waals surface area (Å²) >= 11 is 0. The molecule has 8 nitrogen and oxygen atoms in total. The summed E-state index contributed by atoms with van der Waals surface area (Å²) in [5.41, 5.74) is 0. The number of carbonyl (C=O) groups is 1. The molecular weight excluding hydrogens is 322 g/mol. The Morgan fingerprint density at radius 3 is 2.74 bits per heavy atom. The zero-order valence-electron chi connectivity index (χ0n) is 13.2. The van der Waals surface area contributed by atoms with Crippen LogP contribution in [0.4, 0.5) is 0 Å². The molecule has 0 atom stereocenters. The van der Waals surface area contributed by atoms with Crippen molar-refractivity contribution in [2.24, 2.45) is 0 Å². The summed E-state index contributed by atoms with van der Waals surface area (Å²) in [6, 6.07) is 3.35. The van der Waals surface area contributed by atoms with Crippen LogP contribution in [0, 0.1) is 0 Å². The van der Waals surface area contributed by atoms with E-state index in [0.29, 0.717) is 25.5 Å². The molecule has 2 rings (SSSR count). The van der Waals surface area contributed by atoms with Gasteiger partial charge < -0.3 is 14.5 Å². The monoisotopic (exact) mass is 345 g/mol. The van der Waals surface area contributed by atoms with E-state index in [1.807, 2.05) is 0 Å². The Hall–Kier alpha value is -1.42. The van der Waals surface area contributed by atoms with Crippen molar-refractivity contribution < 1.29 is 22.4 Å². The van der Waals surface area contributed by atoms with E-state index in [0.717, 1.165) is 30.2 Å². The van der Waals surface area contributed by atoms with Crippen LogP contribution in [-0.2, 0) is 26.1 Å². The number of amides is 1. The number of nitrogens with zero attached hydrogens (tertiary/aromatic N) is 2. The van der Waals surface area contributed by atoms with Crippen LogP contribution >= 0.6 is 0 Å². The van der Waals surface area contributed by atoms with E-state index < -0.39 is 10.0 Å². The van der Waals surface area contributed by atoms with Crippen LogP contribution in [0.2, 0.25) is 0 Å². The molecule has 130 valence electrons. The van der Waals surface area contributed by atoms with Crippen LogP contribution in [-0.4, -0.2) is 75.7 Å². The minimum Gasteiger partial charge on any atom is -0.468 e. The molecule has 1 aliphatic rings. The lowest BCUT2D eigenvalue weighted by Gasteiger charge is -2.26. The van der Waals surface area contributed by atoms with Crippen molar-refractivity contribution in [1.29, 1.82) is 0 Å². The van der Waals surface area contributed by atoms with Crippen LogP contribution in [0.3, 0.4) is 0 Å². The van der Waals surface area contributed by atoms with E-state index >= 15 is 0 Å². The second kappa shape index (κ2) is 8.44. The van der Waals surface area contributed by atoms with Crippen molar-refractivity contribution in [1.82, 2.24) is 14.5 Å². The smallest absolute Gasteiger partial charge is 0.235 e. The minimum atomic E-state index is -3.50.